The zero-order valence-electron chi connectivity index (χ0n) is 7.79. The van der Waals surface area contributed by atoms with Gasteiger partial charge < -0.3 is 10.5 Å². The topological polar surface area (TPSA) is 35.2 Å². The van der Waals surface area contributed by atoms with Crippen LogP contribution in [0.15, 0.2) is 18.2 Å². The molecule has 0 radical (unpaired) electrons. The molecule has 0 saturated heterocycles. The lowest BCUT2D eigenvalue weighted by Gasteiger charge is -2.26. The van der Waals surface area contributed by atoms with Gasteiger partial charge in [0.25, 0.3) is 0 Å². The van der Waals surface area contributed by atoms with Crippen molar-refractivity contribution in [1.29, 1.82) is 0 Å². The molecule has 3 heteroatoms. The largest absolute Gasteiger partial charge is 0.493 e. The SMILES string of the molecule is N[C@H]1C[C@@]12CCOc1ccc(F)cc12. The summed E-state index contributed by atoms with van der Waals surface area (Å²) in [6.45, 7) is 0.701. The third-order valence-electron chi connectivity index (χ3n) is 3.42. The van der Waals surface area contributed by atoms with Crippen molar-refractivity contribution < 1.29 is 9.13 Å². The molecule has 0 aromatic heterocycles. The Labute approximate surface area is 81.9 Å². The first kappa shape index (κ1) is 8.24. The highest BCUT2D eigenvalue weighted by Crippen LogP contribution is 2.54. The molecule has 1 aliphatic carbocycles. The summed E-state index contributed by atoms with van der Waals surface area (Å²) in [6, 6.07) is 4.90. The summed E-state index contributed by atoms with van der Waals surface area (Å²) < 4.78 is 18.6. The van der Waals surface area contributed by atoms with Gasteiger partial charge in [0.15, 0.2) is 0 Å². The molecular formula is C11H12FNO. The van der Waals surface area contributed by atoms with E-state index in [0.29, 0.717) is 6.61 Å². The number of rotatable bonds is 0. The molecule has 2 nitrogen and oxygen atoms in total. The van der Waals surface area contributed by atoms with Gasteiger partial charge >= 0.3 is 0 Å². The van der Waals surface area contributed by atoms with Gasteiger partial charge in [-0.15, -0.1) is 0 Å². The van der Waals surface area contributed by atoms with Crippen molar-refractivity contribution >= 4 is 0 Å². The van der Waals surface area contributed by atoms with Crippen LogP contribution in [-0.4, -0.2) is 12.6 Å². The van der Waals surface area contributed by atoms with Crippen LogP contribution in [0.5, 0.6) is 5.75 Å². The van der Waals surface area contributed by atoms with Crippen LogP contribution in [0.1, 0.15) is 18.4 Å². The van der Waals surface area contributed by atoms with Crippen LogP contribution in [0.4, 0.5) is 4.39 Å². The Hall–Kier alpha value is -1.09. The van der Waals surface area contributed by atoms with E-state index in [2.05, 4.69) is 0 Å². The summed E-state index contributed by atoms with van der Waals surface area (Å²) in [6.07, 6.45) is 1.89. The average Bonchev–Trinajstić information content (AvgIpc) is 2.80. The van der Waals surface area contributed by atoms with Crippen molar-refractivity contribution in [3.8, 4) is 5.75 Å². The van der Waals surface area contributed by atoms with E-state index in [1.165, 1.54) is 6.07 Å². The zero-order valence-corrected chi connectivity index (χ0v) is 7.79. The van der Waals surface area contributed by atoms with E-state index in [1.807, 2.05) is 0 Å². The summed E-state index contributed by atoms with van der Waals surface area (Å²) in [5, 5.41) is 0. The van der Waals surface area contributed by atoms with Gasteiger partial charge in [-0.1, -0.05) is 0 Å². The Bertz CT molecular complexity index is 393. The molecule has 1 saturated carbocycles. The van der Waals surface area contributed by atoms with Gasteiger partial charge in [0.2, 0.25) is 0 Å². The van der Waals surface area contributed by atoms with Crippen molar-refractivity contribution in [3.63, 3.8) is 0 Å². The minimum atomic E-state index is -0.201. The molecule has 14 heavy (non-hydrogen) atoms. The summed E-state index contributed by atoms with van der Waals surface area (Å²) in [5.41, 5.74) is 6.91. The minimum absolute atomic E-state index is 0.0235. The quantitative estimate of drug-likeness (QED) is 0.679. The second kappa shape index (κ2) is 2.48. The molecular weight excluding hydrogens is 181 g/mol. The molecule has 1 heterocycles. The van der Waals surface area contributed by atoms with Crippen molar-refractivity contribution in [3.05, 3.63) is 29.6 Å². The van der Waals surface area contributed by atoms with E-state index in [1.54, 1.807) is 12.1 Å². The Morgan fingerprint density at radius 3 is 3.00 bits per heavy atom. The van der Waals surface area contributed by atoms with Crippen LogP contribution in [0.25, 0.3) is 0 Å². The first-order valence-corrected chi connectivity index (χ1v) is 4.91. The second-order valence-electron chi connectivity index (χ2n) is 4.21. The number of benzene rings is 1. The van der Waals surface area contributed by atoms with E-state index in [-0.39, 0.29) is 17.3 Å². The fourth-order valence-corrected chi connectivity index (χ4v) is 2.43. The van der Waals surface area contributed by atoms with Gasteiger partial charge in [0.05, 0.1) is 6.61 Å². The molecule has 2 aliphatic rings. The van der Waals surface area contributed by atoms with Gasteiger partial charge in [0.1, 0.15) is 11.6 Å². The first-order chi connectivity index (χ1) is 6.72. The Balaban J connectivity index is 2.14. The lowest BCUT2D eigenvalue weighted by molar-refractivity contribution is 0.257. The van der Waals surface area contributed by atoms with Crippen LogP contribution in [-0.2, 0) is 5.41 Å². The molecule has 3 rings (SSSR count). The zero-order chi connectivity index (χ0) is 9.76. The molecule has 0 unspecified atom stereocenters. The Morgan fingerprint density at radius 1 is 1.50 bits per heavy atom. The maximum atomic E-state index is 13.1. The van der Waals surface area contributed by atoms with E-state index < -0.39 is 0 Å². The fraction of sp³-hybridized carbons (Fsp3) is 0.455. The van der Waals surface area contributed by atoms with Crippen molar-refractivity contribution in [2.24, 2.45) is 5.73 Å². The van der Waals surface area contributed by atoms with Crippen molar-refractivity contribution in [2.45, 2.75) is 24.3 Å². The lowest BCUT2D eigenvalue weighted by Crippen LogP contribution is -2.26. The Kier molecular flexibility index (Phi) is 1.46. The highest BCUT2D eigenvalue weighted by molar-refractivity contribution is 5.47. The van der Waals surface area contributed by atoms with E-state index >= 15 is 0 Å². The summed E-state index contributed by atoms with van der Waals surface area (Å²) in [5.74, 6) is 0.610. The fourth-order valence-electron chi connectivity index (χ4n) is 2.43. The van der Waals surface area contributed by atoms with Crippen LogP contribution >= 0.6 is 0 Å². The minimum Gasteiger partial charge on any atom is -0.493 e. The number of hydrogen-bond donors (Lipinski definition) is 1. The number of nitrogens with two attached hydrogens (primary N) is 1. The van der Waals surface area contributed by atoms with Gasteiger partial charge in [0, 0.05) is 17.0 Å². The van der Waals surface area contributed by atoms with Crippen LogP contribution in [0, 0.1) is 5.82 Å². The number of fused-ring (bicyclic) bond motifs is 2. The maximum absolute atomic E-state index is 13.1. The van der Waals surface area contributed by atoms with Crippen LogP contribution in [0.2, 0.25) is 0 Å². The monoisotopic (exact) mass is 193 g/mol. The van der Waals surface area contributed by atoms with Gasteiger partial charge in [-0.2, -0.15) is 0 Å². The molecule has 1 aliphatic heterocycles. The van der Waals surface area contributed by atoms with Crippen LogP contribution < -0.4 is 10.5 Å². The maximum Gasteiger partial charge on any atom is 0.123 e. The normalized spacial score (nSPS) is 33.7. The number of halogens is 1. The molecule has 1 aromatic carbocycles. The predicted octanol–water partition coefficient (Wildman–Crippen LogP) is 1.58. The predicted molar refractivity (Wildman–Crippen MR) is 50.8 cm³/mol. The van der Waals surface area contributed by atoms with E-state index in [0.717, 1.165) is 24.2 Å². The molecule has 1 spiro atoms. The first-order valence-electron chi connectivity index (χ1n) is 4.91. The molecule has 1 aromatic rings. The Morgan fingerprint density at radius 2 is 2.29 bits per heavy atom. The highest BCUT2D eigenvalue weighted by atomic mass is 19.1. The molecule has 74 valence electrons. The lowest BCUT2D eigenvalue weighted by atomic mass is 9.89. The third-order valence-corrected chi connectivity index (χ3v) is 3.42. The van der Waals surface area contributed by atoms with Gasteiger partial charge in [-0.3, -0.25) is 0 Å². The second-order valence-corrected chi connectivity index (χ2v) is 4.21. The summed E-state index contributed by atoms with van der Waals surface area (Å²) in [7, 11) is 0. The summed E-state index contributed by atoms with van der Waals surface area (Å²) >= 11 is 0. The average molecular weight is 193 g/mol. The van der Waals surface area contributed by atoms with Crippen molar-refractivity contribution in [1.82, 2.24) is 0 Å². The molecule has 2 atom stereocenters. The highest BCUT2D eigenvalue weighted by Gasteiger charge is 2.55. The number of ether oxygens (including phenoxy) is 1. The molecule has 0 amide bonds. The van der Waals surface area contributed by atoms with E-state index in [9.17, 15) is 4.39 Å². The summed E-state index contributed by atoms with van der Waals surface area (Å²) in [4.78, 5) is 0. The molecule has 0 bridgehead atoms. The molecule has 1 fully saturated rings. The standard InChI is InChI=1S/C11H12FNO/c12-7-1-2-9-8(5-7)11(3-4-14-9)6-10(11)13/h1-2,5,10H,3-4,6,13H2/t10-,11+/m0/s1. The third kappa shape index (κ3) is 0.932. The van der Waals surface area contributed by atoms with Crippen LogP contribution in [0.3, 0.4) is 0 Å². The van der Waals surface area contributed by atoms with Gasteiger partial charge in [-0.25, -0.2) is 4.39 Å². The van der Waals surface area contributed by atoms with E-state index in [4.69, 9.17) is 10.5 Å². The van der Waals surface area contributed by atoms with Gasteiger partial charge in [-0.05, 0) is 31.0 Å². The smallest absolute Gasteiger partial charge is 0.123 e. The van der Waals surface area contributed by atoms with Crippen molar-refractivity contribution in [2.75, 3.05) is 6.61 Å². The number of hydrogen-bond acceptors (Lipinski definition) is 2. The molecule has 2 N–H and O–H groups in total.